The molecule has 0 spiro atoms. The molecule has 1 aliphatic carbocycles. The van der Waals surface area contributed by atoms with Gasteiger partial charge in [0.05, 0.1) is 0 Å². The van der Waals surface area contributed by atoms with Crippen LogP contribution in [0.4, 0.5) is 8.78 Å². The molecule has 4 nitrogen and oxygen atoms in total. The van der Waals surface area contributed by atoms with Crippen LogP contribution in [0.5, 0.6) is 0 Å². The van der Waals surface area contributed by atoms with E-state index in [0.717, 1.165) is 25.7 Å². The SMILES string of the molecule is CCCC[C@@H](F)[C@H](O)/C=C/[C@H]1CC[C@H]2O/C(=C\CCCC(=O)[O-])C(F)[C@H]12.[Na+]. The Morgan fingerprint density at radius 2 is 2.15 bits per heavy atom. The molecule has 2 fully saturated rings. The number of carbonyl (C=O) groups excluding carboxylic acids is 1. The van der Waals surface area contributed by atoms with E-state index >= 15 is 0 Å². The van der Waals surface area contributed by atoms with Crippen molar-refractivity contribution < 1.29 is 58.1 Å². The van der Waals surface area contributed by atoms with Gasteiger partial charge in [0.2, 0.25) is 0 Å². The van der Waals surface area contributed by atoms with Crippen LogP contribution < -0.4 is 34.7 Å². The molecule has 1 aliphatic heterocycles. The van der Waals surface area contributed by atoms with Crippen molar-refractivity contribution in [1.82, 2.24) is 0 Å². The van der Waals surface area contributed by atoms with Crippen LogP contribution in [0.2, 0.25) is 0 Å². The standard InChI is InChI=1S/C20H30F2O4.Na/c1-2-3-6-14(21)15(23)11-9-13-10-12-16-19(13)20(22)17(26-16)7-4-5-8-18(24)25;/h7,9,11,13-16,19-20,23H,2-6,8,10,12H2,1H3,(H,24,25);/q;+1/p-1/b11-9+,17-7-;/t13-,14+,15+,16+,19+,20?;/m0./s1. The van der Waals surface area contributed by atoms with E-state index in [1.54, 1.807) is 12.2 Å². The van der Waals surface area contributed by atoms with Crippen LogP contribution in [-0.4, -0.2) is 35.6 Å². The molecule has 1 N–H and O–H groups in total. The average Bonchev–Trinajstić information content (AvgIpc) is 3.14. The zero-order valence-electron chi connectivity index (χ0n) is 16.3. The Hall–Kier alpha value is -0.430. The molecule has 0 aromatic heterocycles. The molecule has 27 heavy (non-hydrogen) atoms. The van der Waals surface area contributed by atoms with Crippen molar-refractivity contribution in [1.29, 1.82) is 0 Å². The zero-order valence-corrected chi connectivity index (χ0v) is 18.3. The summed E-state index contributed by atoms with van der Waals surface area (Å²) in [5.41, 5.74) is 0. The maximum absolute atomic E-state index is 14.7. The Labute approximate surface area is 182 Å². The number of fused-ring (bicyclic) bond motifs is 1. The summed E-state index contributed by atoms with van der Waals surface area (Å²) >= 11 is 0. The summed E-state index contributed by atoms with van der Waals surface area (Å²) in [5.74, 6) is -1.24. The van der Waals surface area contributed by atoms with Crippen molar-refractivity contribution in [2.24, 2.45) is 11.8 Å². The number of carboxylic acid groups (broad SMARTS) is 1. The molecule has 2 rings (SSSR count). The molecule has 2 aliphatic rings. The van der Waals surface area contributed by atoms with Crippen molar-refractivity contribution in [2.45, 2.75) is 82.8 Å². The van der Waals surface area contributed by atoms with Gasteiger partial charge in [0, 0.05) is 11.9 Å². The first-order valence-electron chi connectivity index (χ1n) is 9.65. The minimum atomic E-state index is -1.29. The monoisotopic (exact) mass is 394 g/mol. The largest absolute Gasteiger partial charge is 1.00 e. The second-order valence-electron chi connectivity index (χ2n) is 7.28. The van der Waals surface area contributed by atoms with Gasteiger partial charge in [-0.1, -0.05) is 31.9 Å². The van der Waals surface area contributed by atoms with E-state index in [1.807, 2.05) is 6.92 Å². The van der Waals surface area contributed by atoms with E-state index in [9.17, 15) is 23.8 Å². The second-order valence-corrected chi connectivity index (χ2v) is 7.28. The fraction of sp³-hybridized carbons (Fsp3) is 0.750. The topological polar surface area (TPSA) is 69.6 Å². The summed E-state index contributed by atoms with van der Waals surface area (Å²) in [7, 11) is 0. The van der Waals surface area contributed by atoms with Crippen LogP contribution >= 0.6 is 0 Å². The minimum absolute atomic E-state index is 0. The molecule has 0 bridgehead atoms. The number of ether oxygens (including phenoxy) is 1. The molecule has 1 saturated carbocycles. The van der Waals surface area contributed by atoms with Gasteiger partial charge in [-0.05, 0) is 50.5 Å². The van der Waals surface area contributed by atoms with E-state index in [2.05, 4.69) is 0 Å². The van der Waals surface area contributed by atoms with Gasteiger partial charge in [0.1, 0.15) is 24.1 Å². The van der Waals surface area contributed by atoms with E-state index in [4.69, 9.17) is 4.74 Å². The molecule has 1 heterocycles. The third-order valence-electron chi connectivity index (χ3n) is 5.30. The van der Waals surface area contributed by atoms with E-state index in [0.29, 0.717) is 19.3 Å². The van der Waals surface area contributed by atoms with Crippen molar-refractivity contribution in [2.75, 3.05) is 0 Å². The third kappa shape index (κ3) is 7.15. The number of aliphatic hydroxyl groups excluding tert-OH is 1. The normalized spacial score (nSPS) is 30.7. The Kier molecular flexibility index (Phi) is 11.1. The summed E-state index contributed by atoms with van der Waals surface area (Å²) < 4.78 is 34.3. The van der Waals surface area contributed by atoms with E-state index in [-0.39, 0.29) is 59.7 Å². The molecule has 0 radical (unpaired) electrons. The fourth-order valence-electron chi connectivity index (χ4n) is 3.81. The predicted molar refractivity (Wildman–Crippen MR) is 92.5 cm³/mol. The molecule has 0 aromatic rings. The first kappa shape index (κ1) is 24.6. The smallest absolute Gasteiger partial charge is 0.550 e. The number of halogens is 2. The van der Waals surface area contributed by atoms with E-state index < -0.39 is 24.4 Å². The molecule has 1 unspecified atom stereocenters. The summed E-state index contributed by atoms with van der Waals surface area (Å²) in [6, 6.07) is 0. The molecule has 1 saturated heterocycles. The number of unbranched alkanes of at least 4 members (excludes halogenated alkanes) is 2. The van der Waals surface area contributed by atoms with Gasteiger partial charge < -0.3 is 19.7 Å². The van der Waals surface area contributed by atoms with Crippen LogP contribution in [0.3, 0.4) is 0 Å². The molecule has 0 aromatic carbocycles. The number of hydrogen-bond acceptors (Lipinski definition) is 4. The minimum Gasteiger partial charge on any atom is -0.550 e. The third-order valence-corrected chi connectivity index (χ3v) is 5.30. The van der Waals surface area contributed by atoms with Gasteiger partial charge >= 0.3 is 29.6 Å². The van der Waals surface area contributed by atoms with E-state index in [1.165, 1.54) is 6.08 Å². The summed E-state index contributed by atoms with van der Waals surface area (Å²) in [5, 5.41) is 20.3. The molecule has 6 atom stereocenters. The van der Waals surface area contributed by atoms with Gasteiger partial charge in [-0.2, -0.15) is 0 Å². The number of rotatable bonds is 10. The first-order chi connectivity index (χ1) is 12.4. The molecular formula is C20H29F2NaO4. The Bertz CT molecular complexity index is 526. The molecule has 0 amide bonds. The van der Waals surface area contributed by atoms with Crippen LogP contribution in [0, 0.1) is 11.8 Å². The number of allylic oxidation sites excluding steroid dienone is 3. The van der Waals surface area contributed by atoms with Gasteiger partial charge in [-0.25, -0.2) is 8.78 Å². The van der Waals surface area contributed by atoms with Crippen molar-refractivity contribution >= 4 is 5.97 Å². The Balaban J connectivity index is 0.00000364. The number of aliphatic carboxylic acids is 1. The first-order valence-corrected chi connectivity index (χ1v) is 9.65. The summed E-state index contributed by atoms with van der Waals surface area (Å²) in [6.45, 7) is 1.97. The van der Waals surface area contributed by atoms with Gasteiger partial charge in [-0.3, -0.25) is 0 Å². The number of carboxylic acids is 1. The summed E-state index contributed by atoms with van der Waals surface area (Å²) in [6.07, 6.45) is 5.12. The fourth-order valence-corrected chi connectivity index (χ4v) is 3.81. The number of hydrogen-bond donors (Lipinski definition) is 1. The van der Waals surface area contributed by atoms with Gasteiger partial charge in [-0.15, -0.1) is 0 Å². The van der Waals surface area contributed by atoms with Gasteiger partial charge in [0.15, 0.2) is 6.17 Å². The zero-order chi connectivity index (χ0) is 19.1. The van der Waals surface area contributed by atoms with Crippen LogP contribution in [0.25, 0.3) is 0 Å². The molecule has 148 valence electrons. The summed E-state index contributed by atoms with van der Waals surface area (Å²) in [4.78, 5) is 10.4. The van der Waals surface area contributed by atoms with Crippen LogP contribution in [0.15, 0.2) is 24.0 Å². The average molecular weight is 394 g/mol. The van der Waals surface area contributed by atoms with Gasteiger partial charge in [0.25, 0.3) is 0 Å². The Morgan fingerprint density at radius 3 is 2.81 bits per heavy atom. The number of carbonyl (C=O) groups is 1. The van der Waals surface area contributed by atoms with Crippen molar-refractivity contribution in [3.05, 3.63) is 24.0 Å². The van der Waals surface area contributed by atoms with Crippen molar-refractivity contribution in [3.8, 4) is 0 Å². The second kappa shape index (κ2) is 12.2. The maximum atomic E-state index is 14.7. The van der Waals surface area contributed by atoms with Crippen LogP contribution in [0.1, 0.15) is 58.3 Å². The Morgan fingerprint density at radius 1 is 1.41 bits per heavy atom. The number of aliphatic hydroxyl groups is 1. The molecule has 7 heteroatoms. The maximum Gasteiger partial charge on any atom is 1.00 e. The quantitative estimate of drug-likeness (QED) is 0.322. The number of alkyl halides is 2. The van der Waals surface area contributed by atoms with Crippen LogP contribution in [-0.2, 0) is 9.53 Å². The predicted octanol–water partition coefficient (Wildman–Crippen LogP) is 0.00300. The molecular weight excluding hydrogens is 365 g/mol. The van der Waals surface area contributed by atoms with Crippen molar-refractivity contribution in [3.63, 3.8) is 0 Å².